The van der Waals surface area contributed by atoms with Gasteiger partial charge in [0.1, 0.15) is 0 Å². The van der Waals surface area contributed by atoms with Gasteiger partial charge >= 0.3 is 0 Å². The van der Waals surface area contributed by atoms with Crippen molar-refractivity contribution in [1.82, 2.24) is 4.90 Å². The van der Waals surface area contributed by atoms with Gasteiger partial charge in [-0.2, -0.15) is 0 Å². The van der Waals surface area contributed by atoms with E-state index in [1.807, 2.05) is 29.2 Å². The molecule has 0 spiro atoms. The van der Waals surface area contributed by atoms with Crippen molar-refractivity contribution in [2.24, 2.45) is 0 Å². The standard InChI is InChI=1S/C20H19BrCl2N2O/c1-13(2)20(26)24-9-10-25(18-8-7-16(22)11-17(18)23)19(12-24)14-3-5-15(21)6-4-14/h3-8,11,19H,1,9-10,12H2,2H3/t19-/m0/s1. The highest BCUT2D eigenvalue weighted by Crippen LogP contribution is 2.37. The number of hydrogen-bond donors (Lipinski definition) is 0. The Hall–Kier alpha value is -1.49. The number of rotatable bonds is 3. The molecule has 1 heterocycles. The van der Waals surface area contributed by atoms with Gasteiger partial charge in [-0.3, -0.25) is 4.79 Å². The summed E-state index contributed by atoms with van der Waals surface area (Å²) in [6.45, 7) is 7.42. The number of carbonyl (C=O) groups excluding carboxylic acids is 1. The number of anilines is 1. The van der Waals surface area contributed by atoms with E-state index in [1.165, 1.54) is 0 Å². The molecule has 1 aliphatic heterocycles. The van der Waals surface area contributed by atoms with E-state index in [4.69, 9.17) is 23.2 Å². The Morgan fingerprint density at radius 2 is 1.85 bits per heavy atom. The molecule has 1 aliphatic rings. The van der Waals surface area contributed by atoms with Crippen molar-refractivity contribution in [2.45, 2.75) is 13.0 Å². The normalized spacial score (nSPS) is 17.3. The van der Waals surface area contributed by atoms with Crippen molar-refractivity contribution in [3.8, 4) is 0 Å². The zero-order valence-electron chi connectivity index (χ0n) is 14.4. The SMILES string of the molecule is C=C(C)C(=O)N1CCN(c2ccc(Cl)cc2Cl)[C@H](c2ccc(Br)cc2)C1. The van der Waals surface area contributed by atoms with Crippen LogP contribution in [0.15, 0.2) is 59.1 Å². The molecule has 0 bridgehead atoms. The summed E-state index contributed by atoms with van der Waals surface area (Å²) in [5.41, 5.74) is 2.60. The molecule has 26 heavy (non-hydrogen) atoms. The van der Waals surface area contributed by atoms with Crippen molar-refractivity contribution in [1.29, 1.82) is 0 Å². The Morgan fingerprint density at radius 3 is 2.46 bits per heavy atom. The second-order valence-electron chi connectivity index (χ2n) is 6.39. The van der Waals surface area contributed by atoms with Crippen LogP contribution < -0.4 is 4.90 Å². The van der Waals surface area contributed by atoms with Gasteiger partial charge in [0.2, 0.25) is 5.91 Å². The van der Waals surface area contributed by atoms with Crippen LogP contribution in [-0.4, -0.2) is 30.4 Å². The Morgan fingerprint density at radius 1 is 1.15 bits per heavy atom. The van der Waals surface area contributed by atoms with Crippen molar-refractivity contribution >= 4 is 50.7 Å². The van der Waals surface area contributed by atoms with Crippen LogP contribution >= 0.6 is 39.1 Å². The molecular weight excluding hydrogens is 435 g/mol. The van der Waals surface area contributed by atoms with Crippen LogP contribution in [0, 0.1) is 0 Å². The Bertz CT molecular complexity index is 838. The summed E-state index contributed by atoms with van der Waals surface area (Å²) in [6.07, 6.45) is 0. The predicted molar refractivity (Wildman–Crippen MR) is 112 cm³/mol. The minimum Gasteiger partial charge on any atom is -0.360 e. The third-order valence-corrected chi connectivity index (χ3v) is 5.57. The molecule has 0 aliphatic carbocycles. The Kier molecular flexibility index (Phi) is 5.96. The third kappa shape index (κ3) is 4.08. The number of hydrogen-bond acceptors (Lipinski definition) is 2. The number of nitrogens with zero attached hydrogens (tertiary/aromatic N) is 2. The highest BCUT2D eigenvalue weighted by Gasteiger charge is 2.31. The summed E-state index contributed by atoms with van der Waals surface area (Å²) in [5, 5.41) is 1.22. The average Bonchev–Trinajstić information content (AvgIpc) is 2.61. The highest BCUT2D eigenvalue weighted by atomic mass is 79.9. The van der Waals surface area contributed by atoms with Crippen LogP contribution in [0.3, 0.4) is 0 Å². The van der Waals surface area contributed by atoms with Gasteiger partial charge in [0.05, 0.1) is 16.8 Å². The van der Waals surface area contributed by atoms with E-state index in [2.05, 4.69) is 39.5 Å². The fraction of sp³-hybridized carbons (Fsp3) is 0.250. The summed E-state index contributed by atoms with van der Waals surface area (Å²) >= 11 is 16.0. The third-order valence-electron chi connectivity index (χ3n) is 4.51. The molecule has 0 unspecified atom stereocenters. The molecule has 136 valence electrons. The quantitative estimate of drug-likeness (QED) is 0.554. The first kappa shape index (κ1) is 19.3. The number of carbonyl (C=O) groups is 1. The molecule has 2 aromatic rings. The minimum atomic E-state index is -0.00559. The fourth-order valence-electron chi connectivity index (χ4n) is 3.21. The van der Waals surface area contributed by atoms with Gasteiger partial charge in [-0.25, -0.2) is 0 Å². The van der Waals surface area contributed by atoms with Gasteiger partial charge < -0.3 is 9.80 Å². The van der Waals surface area contributed by atoms with E-state index < -0.39 is 0 Å². The lowest BCUT2D eigenvalue weighted by molar-refractivity contribution is -0.127. The molecule has 1 saturated heterocycles. The first-order chi connectivity index (χ1) is 12.4. The van der Waals surface area contributed by atoms with E-state index in [-0.39, 0.29) is 11.9 Å². The van der Waals surface area contributed by atoms with Crippen molar-refractivity contribution in [3.63, 3.8) is 0 Å². The molecule has 1 fully saturated rings. The maximum Gasteiger partial charge on any atom is 0.249 e. The number of halogens is 3. The predicted octanol–water partition coefficient (Wildman–Crippen LogP) is 5.72. The molecule has 0 aromatic heterocycles. The highest BCUT2D eigenvalue weighted by molar-refractivity contribution is 9.10. The molecule has 0 saturated carbocycles. The fourth-order valence-corrected chi connectivity index (χ4v) is 3.99. The number of amides is 1. The maximum absolute atomic E-state index is 12.4. The molecule has 0 radical (unpaired) electrons. The van der Waals surface area contributed by atoms with Gasteiger partial charge in [0, 0.05) is 34.7 Å². The lowest BCUT2D eigenvalue weighted by Gasteiger charge is -2.43. The maximum atomic E-state index is 12.4. The van der Waals surface area contributed by atoms with Gasteiger partial charge in [-0.1, -0.05) is 57.8 Å². The van der Waals surface area contributed by atoms with Gasteiger partial charge in [-0.05, 0) is 42.8 Å². The zero-order chi connectivity index (χ0) is 18.8. The van der Waals surface area contributed by atoms with Crippen LogP contribution in [0.5, 0.6) is 0 Å². The summed E-state index contributed by atoms with van der Waals surface area (Å²) < 4.78 is 1.02. The molecular formula is C20H19BrCl2N2O. The van der Waals surface area contributed by atoms with E-state index in [1.54, 1.807) is 13.0 Å². The van der Waals surface area contributed by atoms with Crippen molar-refractivity contribution < 1.29 is 4.79 Å². The van der Waals surface area contributed by atoms with E-state index in [0.29, 0.717) is 35.3 Å². The molecule has 0 N–H and O–H groups in total. The van der Waals surface area contributed by atoms with Crippen LogP contribution in [0.1, 0.15) is 18.5 Å². The lowest BCUT2D eigenvalue weighted by atomic mass is 10.0. The molecule has 3 rings (SSSR count). The van der Waals surface area contributed by atoms with Crippen LogP contribution in [0.2, 0.25) is 10.0 Å². The van der Waals surface area contributed by atoms with Crippen LogP contribution in [0.25, 0.3) is 0 Å². The topological polar surface area (TPSA) is 23.6 Å². The Labute approximate surface area is 172 Å². The average molecular weight is 454 g/mol. The molecule has 1 amide bonds. The lowest BCUT2D eigenvalue weighted by Crippen LogP contribution is -2.50. The zero-order valence-corrected chi connectivity index (χ0v) is 17.5. The summed E-state index contributed by atoms with van der Waals surface area (Å²) in [7, 11) is 0. The molecule has 2 aromatic carbocycles. The second kappa shape index (κ2) is 8.03. The van der Waals surface area contributed by atoms with Crippen LogP contribution in [0.4, 0.5) is 5.69 Å². The van der Waals surface area contributed by atoms with Gasteiger partial charge in [0.15, 0.2) is 0 Å². The number of piperazine rings is 1. The Balaban J connectivity index is 1.98. The molecule has 6 heteroatoms. The van der Waals surface area contributed by atoms with Crippen molar-refractivity contribution in [2.75, 3.05) is 24.5 Å². The summed E-state index contributed by atoms with van der Waals surface area (Å²) in [6, 6.07) is 13.7. The van der Waals surface area contributed by atoms with E-state index in [9.17, 15) is 4.79 Å². The summed E-state index contributed by atoms with van der Waals surface area (Å²) in [4.78, 5) is 16.5. The second-order valence-corrected chi connectivity index (χ2v) is 8.15. The summed E-state index contributed by atoms with van der Waals surface area (Å²) in [5.74, 6) is -0.00559. The monoisotopic (exact) mass is 452 g/mol. The first-order valence-corrected chi connectivity index (χ1v) is 9.83. The minimum absolute atomic E-state index is 0.00109. The number of benzene rings is 2. The molecule has 3 nitrogen and oxygen atoms in total. The first-order valence-electron chi connectivity index (χ1n) is 8.29. The van der Waals surface area contributed by atoms with Gasteiger partial charge in [0.25, 0.3) is 0 Å². The van der Waals surface area contributed by atoms with E-state index in [0.717, 1.165) is 15.7 Å². The largest absolute Gasteiger partial charge is 0.360 e. The van der Waals surface area contributed by atoms with Crippen molar-refractivity contribution in [3.05, 3.63) is 74.7 Å². The molecule has 1 atom stereocenters. The smallest absolute Gasteiger partial charge is 0.249 e. The van der Waals surface area contributed by atoms with Gasteiger partial charge in [-0.15, -0.1) is 0 Å². The van der Waals surface area contributed by atoms with Crippen LogP contribution in [-0.2, 0) is 4.79 Å². The van der Waals surface area contributed by atoms with E-state index >= 15 is 0 Å².